The van der Waals surface area contributed by atoms with Crippen molar-refractivity contribution >= 4 is 23.2 Å². The average Bonchev–Trinajstić information content (AvgIpc) is 2.33. The highest BCUT2D eigenvalue weighted by atomic mass is 35.5. The highest BCUT2D eigenvalue weighted by Crippen LogP contribution is 2.07. The number of halogens is 2. The van der Waals surface area contributed by atoms with Crippen LogP contribution in [0.4, 0.5) is 0 Å². The van der Waals surface area contributed by atoms with Crippen molar-refractivity contribution in [2.75, 3.05) is 32.7 Å². The van der Waals surface area contributed by atoms with Crippen molar-refractivity contribution in [3.63, 3.8) is 0 Å². The van der Waals surface area contributed by atoms with Crippen molar-refractivity contribution in [1.29, 1.82) is 0 Å². The summed E-state index contributed by atoms with van der Waals surface area (Å²) in [5.74, 6) is 0. The summed E-state index contributed by atoms with van der Waals surface area (Å²) in [4.78, 5) is 2.31. The van der Waals surface area contributed by atoms with E-state index in [0.717, 1.165) is 37.8 Å². The summed E-state index contributed by atoms with van der Waals surface area (Å²) in [6, 6.07) is 0. The molecule has 12 heavy (non-hydrogen) atoms. The molecule has 0 aliphatic carbocycles. The fourth-order valence-electron chi connectivity index (χ4n) is 1.31. The predicted molar refractivity (Wildman–Crippen MR) is 53.7 cm³/mol. The van der Waals surface area contributed by atoms with Crippen LogP contribution in [0.1, 0.15) is 6.42 Å². The summed E-state index contributed by atoms with van der Waals surface area (Å²) in [5.41, 5.74) is 1.44. The monoisotopic (exact) mass is 208 g/mol. The topological polar surface area (TPSA) is 15.3 Å². The van der Waals surface area contributed by atoms with E-state index in [4.69, 9.17) is 23.2 Å². The maximum absolute atomic E-state index is 5.82. The first-order valence-corrected chi connectivity index (χ1v) is 5.02. The summed E-state index contributed by atoms with van der Waals surface area (Å²) in [5, 5.41) is 4.05. The molecule has 0 unspecified atom stereocenters. The molecule has 0 aromatic heterocycles. The Morgan fingerprint density at radius 3 is 3.00 bits per heavy atom. The van der Waals surface area contributed by atoms with E-state index in [0.29, 0.717) is 0 Å². The molecule has 0 saturated carbocycles. The van der Waals surface area contributed by atoms with Crippen LogP contribution < -0.4 is 5.32 Å². The molecule has 1 fully saturated rings. The third-order valence-electron chi connectivity index (χ3n) is 1.93. The summed E-state index contributed by atoms with van der Waals surface area (Å²) < 4.78 is 0. The first-order valence-electron chi connectivity index (χ1n) is 4.21. The van der Waals surface area contributed by atoms with E-state index < -0.39 is 0 Å². The molecule has 0 radical (unpaired) electrons. The minimum Gasteiger partial charge on any atom is -0.315 e. The smallest absolute Gasteiger partial charge is 0.0434 e. The van der Waals surface area contributed by atoms with E-state index in [1.807, 2.05) is 0 Å². The lowest BCUT2D eigenvalue weighted by atomic mass is 10.4. The van der Waals surface area contributed by atoms with Gasteiger partial charge >= 0.3 is 0 Å². The van der Waals surface area contributed by atoms with Gasteiger partial charge in [0.2, 0.25) is 0 Å². The first kappa shape index (κ1) is 10.3. The standard InChI is InChI=1S/C8H14Cl2N2/c9-6-8(10)7-12-4-1-2-11-3-5-12/h6,11H,1-5,7H2/b8-6+. The van der Waals surface area contributed by atoms with Gasteiger partial charge in [0.1, 0.15) is 0 Å². The lowest BCUT2D eigenvalue weighted by Gasteiger charge is -2.18. The van der Waals surface area contributed by atoms with E-state index in [1.54, 1.807) is 0 Å². The molecule has 0 atom stereocenters. The highest BCUT2D eigenvalue weighted by Gasteiger charge is 2.08. The molecule has 1 N–H and O–H groups in total. The third kappa shape index (κ3) is 3.76. The summed E-state index contributed by atoms with van der Waals surface area (Å²) >= 11 is 11.3. The summed E-state index contributed by atoms with van der Waals surface area (Å²) in [6.07, 6.45) is 1.19. The Labute approximate surface area is 83.5 Å². The molecule has 0 aromatic carbocycles. The van der Waals surface area contributed by atoms with Crippen molar-refractivity contribution in [2.45, 2.75) is 6.42 Å². The minimum absolute atomic E-state index is 0.721. The number of nitrogens with zero attached hydrogens (tertiary/aromatic N) is 1. The van der Waals surface area contributed by atoms with Crippen LogP contribution in [0, 0.1) is 0 Å². The van der Waals surface area contributed by atoms with Crippen LogP contribution in [0.15, 0.2) is 10.6 Å². The van der Waals surface area contributed by atoms with Crippen LogP contribution in [0.3, 0.4) is 0 Å². The van der Waals surface area contributed by atoms with Gasteiger partial charge in [0, 0.05) is 30.2 Å². The maximum atomic E-state index is 5.82. The van der Waals surface area contributed by atoms with Crippen LogP contribution in [-0.4, -0.2) is 37.6 Å². The molecule has 1 saturated heterocycles. The van der Waals surface area contributed by atoms with E-state index in [-0.39, 0.29) is 0 Å². The SMILES string of the molecule is Cl/C=C(/Cl)CN1CCCNCC1. The molecule has 0 amide bonds. The molecule has 4 heteroatoms. The minimum atomic E-state index is 0.721. The molecule has 1 aliphatic heterocycles. The molecule has 2 nitrogen and oxygen atoms in total. The molecule has 0 aromatic rings. The highest BCUT2D eigenvalue weighted by molar-refractivity contribution is 6.36. The molecule has 1 rings (SSSR count). The Hall–Kier alpha value is 0.240. The van der Waals surface area contributed by atoms with E-state index >= 15 is 0 Å². The second-order valence-electron chi connectivity index (χ2n) is 2.94. The van der Waals surface area contributed by atoms with Gasteiger partial charge in [-0.25, -0.2) is 0 Å². The third-order valence-corrected chi connectivity index (χ3v) is 2.53. The van der Waals surface area contributed by atoms with E-state index in [9.17, 15) is 0 Å². The van der Waals surface area contributed by atoms with Gasteiger partial charge in [0.25, 0.3) is 0 Å². The van der Waals surface area contributed by atoms with Crippen LogP contribution >= 0.6 is 23.2 Å². The number of hydrogen-bond acceptors (Lipinski definition) is 2. The van der Waals surface area contributed by atoms with Crippen molar-refractivity contribution in [2.24, 2.45) is 0 Å². The lowest BCUT2D eigenvalue weighted by Crippen LogP contribution is -2.29. The van der Waals surface area contributed by atoms with Gasteiger partial charge in [-0.05, 0) is 19.5 Å². The van der Waals surface area contributed by atoms with Gasteiger partial charge < -0.3 is 5.32 Å². The van der Waals surface area contributed by atoms with Gasteiger partial charge in [-0.1, -0.05) is 23.2 Å². The predicted octanol–water partition coefficient (Wildman–Crippen LogP) is 1.60. The van der Waals surface area contributed by atoms with Crippen LogP contribution in [0.2, 0.25) is 0 Å². The van der Waals surface area contributed by atoms with Gasteiger partial charge in [0.05, 0.1) is 0 Å². The second kappa shape index (κ2) is 5.81. The zero-order valence-corrected chi connectivity index (χ0v) is 8.53. The fourth-order valence-corrected chi connectivity index (χ4v) is 1.55. The quantitative estimate of drug-likeness (QED) is 0.743. The van der Waals surface area contributed by atoms with Crippen LogP contribution in [-0.2, 0) is 0 Å². The van der Waals surface area contributed by atoms with Crippen molar-refractivity contribution in [1.82, 2.24) is 10.2 Å². The zero-order valence-electron chi connectivity index (χ0n) is 7.02. The van der Waals surface area contributed by atoms with Gasteiger partial charge in [-0.3, -0.25) is 4.90 Å². The zero-order chi connectivity index (χ0) is 8.81. The van der Waals surface area contributed by atoms with Gasteiger partial charge in [-0.2, -0.15) is 0 Å². The maximum Gasteiger partial charge on any atom is 0.0434 e. The summed E-state index contributed by atoms with van der Waals surface area (Å²) in [6.45, 7) is 5.10. The molecule has 0 bridgehead atoms. The average molecular weight is 209 g/mol. The molecular weight excluding hydrogens is 195 g/mol. The number of hydrogen-bond donors (Lipinski definition) is 1. The molecule has 1 heterocycles. The van der Waals surface area contributed by atoms with E-state index in [1.165, 1.54) is 12.0 Å². The Morgan fingerprint density at radius 1 is 1.42 bits per heavy atom. The molecule has 1 aliphatic rings. The number of rotatable bonds is 2. The normalized spacial score (nSPS) is 22.3. The van der Waals surface area contributed by atoms with Crippen LogP contribution in [0.5, 0.6) is 0 Å². The van der Waals surface area contributed by atoms with Crippen molar-refractivity contribution < 1.29 is 0 Å². The Balaban J connectivity index is 2.29. The molecule has 0 spiro atoms. The van der Waals surface area contributed by atoms with E-state index in [2.05, 4.69) is 10.2 Å². The number of nitrogens with one attached hydrogen (secondary N) is 1. The fraction of sp³-hybridized carbons (Fsp3) is 0.750. The Morgan fingerprint density at radius 2 is 2.25 bits per heavy atom. The molecular formula is C8H14Cl2N2. The Bertz CT molecular complexity index is 151. The van der Waals surface area contributed by atoms with Crippen molar-refractivity contribution in [3.8, 4) is 0 Å². The second-order valence-corrected chi connectivity index (χ2v) is 3.64. The first-order chi connectivity index (χ1) is 5.83. The Kier molecular flexibility index (Phi) is 5.00. The molecule has 70 valence electrons. The van der Waals surface area contributed by atoms with Gasteiger partial charge in [-0.15, -0.1) is 0 Å². The van der Waals surface area contributed by atoms with Crippen molar-refractivity contribution in [3.05, 3.63) is 10.6 Å². The lowest BCUT2D eigenvalue weighted by molar-refractivity contribution is 0.322. The van der Waals surface area contributed by atoms with Crippen LogP contribution in [0.25, 0.3) is 0 Å². The van der Waals surface area contributed by atoms with Gasteiger partial charge in [0.15, 0.2) is 0 Å². The summed E-state index contributed by atoms with van der Waals surface area (Å²) in [7, 11) is 0. The largest absolute Gasteiger partial charge is 0.315 e.